The summed E-state index contributed by atoms with van der Waals surface area (Å²) in [5, 5.41) is 3.67. The number of piperidine rings is 1. The normalized spacial score (nSPS) is 18.9. The third-order valence-electron chi connectivity index (χ3n) is 5.56. The predicted molar refractivity (Wildman–Crippen MR) is 90.2 cm³/mol. The number of rotatable bonds is 9. The van der Waals surface area contributed by atoms with Crippen molar-refractivity contribution >= 4 is 0 Å². The maximum absolute atomic E-state index is 3.67. The second kappa shape index (κ2) is 9.04. The summed E-state index contributed by atoms with van der Waals surface area (Å²) in [4.78, 5) is 2.74. The van der Waals surface area contributed by atoms with Crippen molar-refractivity contribution in [2.24, 2.45) is 17.3 Å². The van der Waals surface area contributed by atoms with Gasteiger partial charge in [0.05, 0.1) is 0 Å². The molecule has 2 nitrogen and oxygen atoms in total. The lowest BCUT2D eigenvalue weighted by atomic mass is 9.80. The van der Waals surface area contributed by atoms with E-state index in [9.17, 15) is 0 Å². The van der Waals surface area contributed by atoms with Crippen LogP contribution in [0.2, 0.25) is 0 Å². The van der Waals surface area contributed by atoms with Crippen LogP contribution in [0.25, 0.3) is 0 Å². The van der Waals surface area contributed by atoms with E-state index in [1.165, 1.54) is 58.3 Å². The molecule has 0 radical (unpaired) electrons. The van der Waals surface area contributed by atoms with Crippen LogP contribution < -0.4 is 5.32 Å². The molecule has 0 amide bonds. The summed E-state index contributed by atoms with van der Waals surface area (Å²) in [6.45, 7) is 18.1. The Morgan fingerprint density at radius 2 is 1.70 bits per heavy atom. The Morgan fingerprint density at radius 1 is 1.10 bits per heavy atom. The molecule has 1 N–H and O–H groups in total. The van der Waals surface area contributed by atoms with E-state index in [0.29, 0.717) is 5.41 Å². The first-order valence-electron chi connectivity index (χ1n) is 9.00. The monoisotopic (exact) mass is 282 g/mol. The topological polar surface area (TPSA) is 15.3 Å². The zero-order valence-electron chi connectivity index (χ0n) is 14.7. The molecule has 0 aromatic rings. The van der Waals surface area contributed by atoms with Crippen LogP contribution in [0.5, 0.6) is 0 Å². The number of hydrogen-bond acceptors (Lipinski definition) is 2. The first kappa shape index (κ1) is 18.0. The molecule has 0 saturated carbocycles. The van der Waals surface area contributed by atoms with Gasteiger partial charge in [-0.1, -0.05) is 34.6 Å². The molecule has 2 heteroatoms. The lowest BCUT2D eigenvalue weighted by Crippen LogP contribution is -2.46. The molecular formula is C18H38N2. The molecule has 1 aliphatic heterocycles. The SMILES string of the molecule is CCCNCC(CC)(CC)CN1CCC(C(C)C)CC1. The van der Waals surface area contributed by atoms with Crippen molar-refractivity contribution in [3.63, 3.8) is 0 Å². The number of hydrogen-bond donors (Lipinski definition) is 1. The van der Waals surface area contributed by atoms with E-state index in [0.717, 1.165) is 18.4 Å². The smallest absolute Gasteiger partial charge is 0.00499 e. The highest BCUT2D eigenvalue weighted by Gasteiger charge is 2.30. The molecule has 120 valence electrons. The summed E-state index contributed by atoms with van der Waals surface area (Å²) in [5.74, 6) is 1.83. The van der Waals surface area contributed by atoms with Crippen molar-refractivity contribution in [2.45, 2.75) is 66.7 Å². The molecule has 1 fully saturated rings. The molecule has 1 aliphatic rings. The molecule has 1 heterocycles. The molecule has 0 aromatic heterocycles. The fourth-order valence-electron chi connectivity index (χ4n) is 3.56. The highest BCUT2D eigenvalue weighted by molar-refractivity contribution is 4.85. The summed E-state index contributed by atoms with van der Waals surface area (Å²) >= 11 is 0. The van der Waals surface area contributed by atoms with Gasteiger partial charge in [-0.25, -0.2) is 0 Å². The van der Waals surface area contributed by atoms with Crippen molar-refractivity contribution < 1.29 is 0 Å². The Bertz CT molecular complexity index is 238. The van der Waals surface area contributed by atoms with Crippen LogP contribution >= 0.6 is 0 Å². The zero-order valence-corrected chi connectivity index (χ0v) is 14.7. The zero-order chi connectivity index (χ0) is 15.0. The predicted octanol–water partition coefficient (Wildman–Crippen LogP) is 4.16. The van der Waals surface area contributed by atoms with E-state index in [4.69, 9.17) is 0 Å². The summed E-state index contributed by atoms with van der Waals surface area (Å²) in [5.41, 5.74) is 0.486. The van der Waals surface area contributed by atoms with Crippen molar-refractivity contribution in [1.29, 1.82) is 0 Å². The van der Waals surface area contributed by atoms with E-state index in [1.54, 1.807) is 0 Å². The average molecular weight is 283 g/mol. The van der Waals surface area contributed by atoms with Crippen molar-refractivity contribution in [3.8, 4) is 0 Å². The molecule has 0 aliphatic carbocycles. The van der Waals surface area contributed by atoms with E-state index < -0.39 is 0 Å². The van der Waals surface area contributed by atoms with Gasteiger partial charge >= 0.3 is 0 Å². The Morgan fingerprint density at radius 3 is 2.15 bits per heavy atom. The highest BCUT2D eigenvalue weighted by atomic mass is 15.1. The van der Waals surface area contributed by atoms with Crippen LogP contribution in [0.15, 0.2) is 0 Å². The first-order valence-corrected chi connectivity index (χ1v) is 9.00. The van der Waals surface area contributed by atoms with Gasteiger partial charge in [0.15, 0.2) is 0 Å². The highest BCUT2D eigenvalue weighted by Crippen LogP contribution is 2.30. The molecule has 1 saturated heterocycles. The van der Waals surface area contributed by atoms with Gasteiger partial charge < -0.3 is 10.2 Å². The fraction of sp³-hybridized carbons (Fsp3) is 1.00. The summed E-state index contributed by atoms with van der Waals surface area (Å²) in [6, 6.07) is 0. The van der Waals surface area contributed by atoms with Gasteiger partial charge in [-0.2, -0.15) is 0 Å². The maximum Gasteiger partial charge on any atom is 0.00499 e. The van der Waals surface area contributed by atoms with E-state index in [-0.39, 0.29) is 0 Å². The lowest BCUT2D eigenvalue weighted by molar-refractivity contribution is 0.0901. The van der Waals surface area contributed by atoms with Gasteiger partial charge in [0.2, 0.25) is 0 Å². The van der Waals surface area contributed by atoms with Crippen LogP contribution in [0.3, 0.4) is 0 Å². The minimum absolute atomic E-state index is 0.486. The van der Waals surface area contributed by atoms with Crippen molar-refractivity contribution in [3.05, 3.63) is 0 Å². The molecule has 1 rings (SSSR count). The molecule has 0 unspecified atom stereocenters. The molecule has 0 atom stereocenters. The van der Waals surface area contributed by atoms with Gasteiger partial charge in [-0.15, -0.1) is 0 Å². The molecule has 20 heavy (non-hydrogen) atoms. The fourth-order valence-corrected chi connectivity index (χ4v) is 3.56. The maximum atomic E-state index is 3.67. The number of likely N-dealkylation sites (tertiary alicyclic amines) is 1. The minimum Gasteiger partial charge on any atom is -0.316 e. The van der Waals surface area contributed by atoms with Crippen molar-refractivity contribution in [2.75, 3.05) is 32.7 Å². The summed E-state index contributed by atoms with van der Waals surface area (Å²) in [6.07, 6.45) is 6.64. The van der Waals surface area contributed by atoms with Gasteiger partial charge in [0, 0.05) is 13.1 Å². The third-order valence-corrected chi connectivity index (χ3v) is 5.56. The minimum atomic E-state index is 0.486. The lowest BCUT2D eigenvalue weighted by Gasteiger charge is -2.41. The van der Waals surface area contributed by atoms with Crippen molar-refractivity contribution in [1.82, 2.24) is 10.2 Å². The van der Waals surface area contributed by atoms with Crippen LogP contribution in [0, 0.1) is 17.3 Å². The first-order chi connectivity index (χ1) is 9.56. The molecule has 0 bridgehead atoms. The van der Waals surface area contributed by atoms with E-state index >= 15 is 0 Å². The van der Waals surface area contributed by atoms with Crippen LogP contribution in [0.4, 0.5) is 0 Å². The Hall–Kier alpha value is -0.0800. The standard InChI is InChI=1S/C18H38N2/c1-6-11-19-14-18(7-2,8-3)15-20-12-9-17(10-13-20)16(4)5/h16-17,19H,6-15H2,1-5H3. The van der Waals surface area contributed by atoms with E-state index in [2.05, 4.69) is 44.8 Å². The second-order valence-corrected chi connectivity index (χ2v) is 7.24. The van der Waals surface area contributed by atoms with Gasteiger partial charge in [-0.3, -0.25) is 0 Å². The number of nitrogens with one attached hydrogen (secondary N) is 1. The van der Waals surface area contributed by atoms with Gasteiger partial charge in [0.1, 0.15) is 0 Å². The summed E-state index contributed by atoms with van der Waals surface area (Å²) in [7, 11) is 0. The average Bonchev–Trinajstić information content (AvgIpc) is 2.47. The Balaban J connectivity index is 2.45. The van der Waals surface area contributed by atoms with Crippen LogP contribution in [0.1, 0.15) is 66.7 Å². The molecular weight excluding hydrogens is 244 g/mol. The molecule has 0 spiro atoms. The van der Waals surface area contributed by atoms with Crippen LogP contribution in [-0.2, 0) is 0 Å². The Labute approximate surface area is 127 Å². The number of nitrogens with zero attached hydrogens (tertiary/aromatic N) is 1. The van der Waals surface area contributed by atoms with E-state index in [1.807, 2.05) is 0 Å². The summed E-state index contributed by atoms with van der Waals surface area (Å²) < 4.78 is 0. The largest absolute Gasteiger partial charge is 0.316 e. The van der Waals surface area contributed by atoms with Gasteiger partial charge in [0.25, 0.3) is 0 Å². The van der Waals surface area contributed by atoms with Gasteiger partial charge in [-0.05, 0) is 69.0 Å². The second-order valence-electron chi connectivity index (χ2n) is 7.24. The van der Waals surface area contributed by atoms with Crippen LogP contribution in [-0.4, -0.2) is 37.6 Å². The third kappa shape index (κ3) is 5.37. The molecule has 0 aromatic carbocycles. The Kier molecular flexibility index (Phi) is 8.13. The quantitative estimate of drug-likeness (QED) is 0.639.